The van der Waals surface area contributed by atoms with Crippen molar-refractivity contribution in [1.29, 1.82) is 0 Å². The van der Waals surface area contributed by atoms with Crippen LogP contribution >= 0.6 is 0 Å². The molecule has 0 unspecified atom stereocenters. The Morgan fingerprint density at radius 3 is 2.48 bits per heavy atom. The first-order chi connectivity index (χ1) is 12.9. The number of fused-ring (bicyclic) bond motifs is 1. The molecule has 0 aliphatic rings. The maximum Gasteiger partial charge on any atom is 0.291 e. The number of aromatic nitrogens is 1. The van der Waals surface area contributed by atoms with Gasteiger partial charge < -0.3 is 14.2 Å². The summed E-state index contributed by atoms with van der Waals surface area (Å²) in [5.74, 6) is 0.510. The third-order valence-corrected chi connectivity index (χ3v) is 4.39. The lowest BCUT2D eigenvalue weighted by Gasteiger charge is -2.18. The number of nitrogens with zero attached hydrogens (tertiary/aromatic N) is 1. The summed E-state index contributed by atoms with van der Waals surface area (Å²) in [6, 6.07) is 16.9. The lowest BCUT2D eigenvalue weighted by atomic mass is 9.87. The standard InChI is InChI=1S/C22H20N2O3/c1-22(2,3)15-8-6-14(7-9-15)21-24-17-13-16(10-11-18(17)27-21)23-20(25)19-5-4-12-26-19/h4-13H,1-3H3,(H,23,25). The molecule has 27 heavy (non-hydrogen) atoms. The van der Waals surface area contributed by atoms with Gasteiger partial charge in [0, 0.05) is 11.3 Å². The molecule has 4 aromatic rings. The van der Waals surface area contributed by atoms with Gasteiger partial charge in [0.25, 0.3) is 5.91 Å². The molecule has 136 valence electrons. The topological polar surface area (TPSA) is 68.3 Å². The Morgan fingerprint density at radius 1 is 1.04 bits per heavy atom. The molecule has 0 spiro atoms. The number of carbonyl (C=O) groups is 1. The second-order valence-corrected chi connectivity index (χ2v) is 7.46. The third-order valence-electron chi connectivity index (χ3n) is 4.39. The fraction of sp³-hybridized carbons (Fsp3) is 0.182. The van der Waals surface area contributed by atoms with Crippen LogP contribution in [0.1, 0.15) is 36.9 Å². The third kappa shape index (κ3) is 3.49. The van der Waals surface area contributed by atoms with E-state index in [1.165, 1.54) is 11.8 Å². The molecule has 2 aromatic carbocycles. The molecule has 5 heteroatoms. The Bertz CT molecular complexity index is 1090. The number of hydrogen-bond donors (Lipinski definition) is 1. The molecule has 4 rings (SSSR count). The highest BCUT2D eigenvalue weighted by molar-refractivity contribution is 6.03. The smallest absolute Gasteiger partial charge is 0.291 e. The summed E-state index contributed by atoms with van der Waals surface area (Å²) in [6.07, 6.45) is 1.47. The van der Waals surface area contributed by atoms with Crippen LogP contribution in [0.3, 0.4) is 0 Å². The molecule has 2 aromatic heterocycles. The second kappa shape index (κ2) is 6.43. The van der Waals surface area contributed by atoms with Crippen LogP contribution in [0.15, 0.2) is 69.7 Å². The van der Waals surface area contributed by atoms with E-state index in [2.05, 4.69) is 43.2 Å². The molecule has 0 aliphatic carbocycles. The number of oxazole rings is 1. The van der Waals surface area contributed by atoms with Crippen molar-refractivity contribution in [3.63, 3.8) is 0 Å². The quantitative estimate of drug-likeness (QED) is 0.513. The van der Waals surface area contributed by atoms with Crippen LogP contribution in [0, 0.1) is 0 Å². The first kappa shape index (κ1) is 17.1. The normalized spacial score (nSPS) is 11.7. The van der Waals surface area contributed by atoms with Gasteiger partial charge in [0.1, 0.15) is 5.52 Å². The van der Waals surface area contributed by atoms with E-state index in [1.54, 1.807) is 30.3 Å². The van der Waals surface area contributed by atoms with E-state index >= 15 is 0 Å². The van der Waals surface area contributed by atoms with E-state index in [9.17, 15) is 4.79 Å². The van der Waals surface area contributed by atoms with Crippen molar-refractivity contribution in [2.75, 3.05) is 5.32 Å². The SMILES string of the molecule is CC(C)(C)c1ccc(-c2nc3cc(NC(=O)c4ccco4)ccc3o2)cc1. The molecular formula is C22H20N2O3. The van der Waals surface area contributed by atoms with Crippen molar-refractivity contribution < 1.29 is 13.6 Å². The second-order valence-electron chi connectivity index (χ2n) is 7.46. The minimum absolute atomic E-state index is 0.0982. The van der Waals surface area contributed by atoms with Gasteiger partial charge in [0.05, 0.1) is 6.26 Å². The van der Waals surface area contributed by atoms with Crippen LogP contribution in [0.5, 0.6) is 0 Å². The van der Waals surface area contributed by atoms with Crippen molar-refractivity contribution in [1.82, 2.24) is 4.98 Å². The van der Waals surface area contributed by atoms with Gasteiger partial charge in [-0.15, -0.1) is 0 Å². The van der Waals surface area contributed by atoms with Crippen LogP contribution in [0.2, 0.25) is 0 Å². The highest BCUT2D eigenvalue weighted by atomic mass is 16.3. The summed E-state index contributed by atoms with van der Waals surface area (Å²) >= 11 is 0. The average Bonchev–Trinajstić information content (AvgIpc) is 3.30. The molecule has 0 fully saturated rings. The zero-order valence-corrected chi connectivity index (χ0v) is 15.4. The number of rotatable bonds is 3. The number of amides is 1. The number of nitrogens with one attached hydrogen (secondary N) is 1. The Morgan fingerprint density at radius 2 is 1.81 bits per heavy atom. The largest absolute Gasteiger partial charge is 0.459 e. The Balaban J connectivity index is 1.60. The molecule has 1 amide bonds. The molecule has 0 atom stereocenters. The fourth-order valence-electron chi connectivity index (χ4n) is 2.84. The van der Waals surface area contributed by atoms with Gasteiger partial charge in [-0.25, -0.2) is 4.98 Å². The summed E-state index contributed by atoms with van der Waals surface area (Å²) in [5.41, 5.74) is 4.25. The Labute approximate surface area is 157 Å². The fourth-order valence-corrected chi connectivity index (χ4v) is 2.84. The molecule has 2 heterocycles. The van der Waals surface area contributed by atoms with Crippen LogP contribution in [-0.4, -0.2) is 10.9 Å². The molecule has 5 nitrogen and oxygen atoms in total. The van der Waals surface area contributed by atoms with Crippen LogP contribution < -0.4 is 5.32 Å². The molecule has 0 bridgehead atoms. The molecule has 0 saturated heterocycles. The maximum absolute atomic E-state index is 12.1. The Hall–Kier alpha value is -3.34. The predicted octanol–water partition coefficient (Wildman–Crippen LogP) is 5.64. The summed E-state index contributed by atoms with van der Waals surface area (Å²) in [5, 5.41) is 2.80. The maximum atomic E-state index is 12.1. The van der Waals surface area contributed by atoms with Gasteiger partial charge in [-0.1, -0.05) is 32.9 Å². The van der Waals surface area contributed by atoms with E-state index in [4.69, 9.17) is 8.83 Å². The lowest BCUT2D eigenvalue weighted by Crippen LogP contribution is -2.10. The summed E-state index contributed by atoms with van der Waals surface area (Å²) < 4.78 is 11.0. The van der Waals surface area contributed by atoms with Crippen molar-refractivity contribution in [3.05, 3.63) is 72.2 Å². The summed E-state index contributed by atoms with van der Waals surface area (Å²) in [6.45, 7) is 6.54. The van der Waals surface area contributed by atoms with Crippen LogP contribution in [0.25, 0.3) is 22.6 Å². The number of benzene rings is 2. The van der Waals surface area contributed by atoms with E-state index in [0.717, 1.165) is 5.56 Å². The number of carbonyl (C=O) groups excluding carboxylic acids is 1. The van der Waals surface area contributed by atoms with Gasteiger partial charge in [0.2, 0.25) is 5.89 Å². The average molecular weight is 360 g/mol. The van der Waals surface area contributed by atoms with Gasteiger partial charge in [-0.2, -0.15) is 0 Å². The van der Waals surface area contributed by atoms with Gasteiger partial charge >= 0.3 is 0 Å². The number of hydrogen-bond acceptors (Lipinski definition) is 4. The predicted molar refractivity (Wildman–Crippen MR) is 105 cm³/mol. The molecule has 1 N–H and O–H groups in total. The van der Waals surface area contributed by atoms with E-state index < -0.39 is 0 Å². The van der Waals surface area contributed by atoms with Gasteiger partial charge in [0.15, 0.2) is 11.3 Å². The highest BCUT2D eigenvalue weighted by Gasteiger charge is 2.15. The molecule has 0 radical (unpaired) electrons. The van der Waals surface area contributed by atoms with Gasteiger partial charge in [-0.05, 0) is 53.4 Å². The molecule has 0 saturated carbocycles. The Kier molecular flexibility index (Phi) is 4.07. The van der Waals surface area contributed by atoms with Gasteiger partial charge in [-0.3, -0.25) is 4.79 Å². The first-order valence-electron chi connectivity index (χ1n) is 8.76. The number of anilines is 1. The summed E-state index contributed by atoms with van der Waals surface area (Å²) in [4.78, 5) is 16.7. The monoisotopic (exact) mass is 360 g/mol. The van der Waals surface area contributed by atoms with E-state index in [1.807, 2.05) is 12.1 Å². The zero-order valence-electron chi connectivity index (χ0n) is 15.4. The van der Waals surface area contributed by atoms with E-state index in [0.29, 0.717) is 22.7 Å². The van der Waals surface area contributed by atoms with Crippen molar-refractivity contribution in [2.45, 2.75) is 26.2 Å². The molecular weight excluding hydrogens is 340 g/mol. The molecule has 0 aliphatic heterocycles. The first-order valence-corrected chi connectivity index (χ1v) is 8.76. The van der Waals surface area contributed by atoms with Crippen LogP contribution in [0.4, 0.5) is 5.69 Å². The minimum atomic E-state index is -0.305. The van der Waals surface area contributed by atoms with Crippen molar-refractivity contribution >= 4 is 22.7 Å². The minimum Gasteiger partial charge on any atom is -0.459 e. The lowest BCUT2D eigenvalue weighted by molar-refractivity contribution is 0.0996. The summed E-state index contributed by atoms with van der Waals surface area (Å²) in [7, 11) is 0. The van der Waals surface area contributed by atoms with Crippen molar-refractivity contribution in [3.8, 4) is 11.5 Å². The van der Waals surface area contributed by atoms with Crippen LogP contribution in [-0.2, 0) is 5.41 Å². The number of furan rings is 1. The zero-order chi connectivity index (χ0) is 19.0. The van der Waals surface area contributed by atoms with Crippen molar-refractivity contribution in [2.24, 2.45) is 0 Å². The highest BCUT2D eigenvalue weighted by Crippen LogP contribution is 2.29. The van der Waals surface area contributed by atoms with E-state index in [-0.39, 0.29) is 17.1 Å².